The summed E-state index contributed by atoms with van der Waals surface area (Å²) in [4.78, 5) is 8.74. The number of anilines is 3. The van der Waals surface area contributed by atoms with Gasteiger partial charge >= 0.3 is 0 Å². The third kappa shape index (κ3) is 3.49. The van der Waals surface area contributed by atoms with Crippen LogP contribution in [0.4, 0.5) is 17.3 Å². The van der Waals surface area contributed by atoms with Crippen molar-refractivity contribution < 1.29 is 0 Å². The highest BCUT2D eigenvalue weighted by atomic mass is 35.5. The molecule has 0 saturated carbocycles. The Morgan fingerprint density at radius 2 is 1.79 bits per heavy atom. The van der Waals surface area contributed by atoms with E-state index in [0.717, 1.165) is 29.6 Å². The lowest BCUT2D eigenvalue weighted by molar-refractivity contribution is 0.945. The van der Waals surface area contributed by atoms with Gasteiger partial charge in [-0.25, -0.2) is 9.97 Å². The molecule has 1 aromatic heterocycles. The van der Waals surface area contributed by atoms with E-state index in [1.807, 2.05) is 26.1 Å². The number of aromatic nitrogens is 2. The van der Waals surface area contributed by atoms with Crippen molar-refractivity contribution in [2.45, 2.75) is 13.3 Å². The van der Waals surface area contributed by atoms with Crippen molar-refractivity contribution >= 4 is 40.5 Å². The van der Waals surface area contributed by atoms with E-state index >= 15 is 0 Å². The minimum atomic E-state index is 0.505. The van der Waals surface area contributed by atoms with Gasteiger partial charge in [0.2, 0.25) is 0 Å². The second-order valence-corrected chi connectivity index (χ2v) is 4.73. The molecule has 2 aromatic rings. The van der Waals surface area contributed by atoms with E-state index in [-0.39, 0.29) is 0 Å². The Morgan fingerprint density at radius 1 is 1.05 bits per heavy atom. The second-order valence-electron chi connectivity index (χ2n) is 3.91. The lowest BCUT2D eigenvalue weighted by Gasteiger charge is -2.09. The quantitative estimate of drug-likeness (QED) is 0.891. The maximum absolute atomic E-state index is 5.98. The van der Waals surface area contributed by atoms with Crippen LogP contribution in [0.3, 0.4) is 0 Å². The van der Waals surface area contributed by atoms with Crippen LogP contribution in [-0.2, 0) is 6.42 Å². The van der Waals surface area contributed by atoms with Gasteiger partial charge in [-0.2, -0.15) is 0 Å². The smallest absolute Gasteiger partial charge is 0.136 e. The Balaban J connectivity index is 2.29. The number of nitrogens with zero attached hydrogens (tertiary/aromatic N) is 2. The molecule has 0 fully saturated rings. The topological polar surface area (TPSA) is 49.8 Å². The molecule has 0 saturated heterocycles. The van der Waals surface area contributed by atoms with Crippen molar-refractivity contribution in [2.24, 2.45) is 0 Å². The summed E-state index contributed by atoms with van der Waals surface area (Å²) >= 11 is 11.9. The maximum Gasteiger partial charge on any atom is 0.136 e. The van der Waals surface area contributed by atoms with Crippen molar-refractivity contribution in [1.82, 2.24) is 9.97 Å². The van der Waals surface area contributed by atoms with E-state index in [0.29, 0.717) is 10.0 Å². The summed E-state index contributed by atoms with van der Waals surface area (Å²) < 4.78 is 0. The van der Waals surface area contributed by atoms with Crippen molar-refractivity contribution in [3.05, 3.63) is 40.1 Å². The van der Waals surface area contributed by atoms with E-state index in [9.17, 15) is 0 Å². The largest absolute Gasteiger partial charge is 0.373 e. The van der Waals surface area contributed by atoms with Gasteiger partial charge in [-0.1, -0.05) is 30.1 Å². The van der Waals surface area contributed by atoms with Gasteiger partial charge < -0.3 is 10.6 Å². The average Bonchev–Trinajstić information content (AvgIpc) is 2.42. The Kier molecular flexibility index (Phi) is 4.45. The van der Waals surface area contributed by atoms with Gasteiger partial charge in [0.1, 0.15) is 17.5 Å². The molecule has 1 heterocycles. The highest BCUT2D eigenvalue weighted by Crippen LogP contribution is 2.26. The van der Waals surface area contributed by atoms with Crippen LogP contribution in [0.1, 0.15) is 12.7 Å². The Bertz CT molecular complexity index is 565. The maximum atomic E-state index is 5.98. The van der Waals surface area contributed by atoms with Crippen LogP contribution in [0.25, 0.3) is 0 Å². The van der Waals surface area contributed by atoms with Gasteiger partial charge in [-0.3, -0.25) is 0 Å². The van der Waals surface area contributed by atoms with Crippen LogP contribution in [0.5, 0.6) is 0 Å². The first kappa shape index (κ1) is 13.9. The predicted octanol–water partition coefficient (Wildman–Crippen LogP) is 4.13. The summed E-state index contributed by atoms with van der Waals surface area (Å²) in [7, 11) is 1.82. The van der Waals surface area contributed by atoms with E-state index in [4.69, 9.17) is 23.2 Å². The average molecular weight is 297 g/mol. The number of hydrogen-bond acceptors (Lipinski definition) is 4. The molecule has 0 aliphatic heterocycles. The van der Waals surface area contributed by atoms with E-state index in [1.54, 1.807) is 12.1 Å². The minimum absolute atomic E-state index is 0.505. The van der Waals surface area contributed by atoms with Gasteiger partial charge in [0.05, 0.1) is 10.0 Å². The molecule has 0 aliphatic carbocycles. The monoisotopic (exact) mass is 296 g/mol. The first-order valence-electron chi connectivity index (χ1n) is 5.90. The van der Waals surface area contributed by atoms with Crippen LogP contribution >= 0.6 is 23.2 Å². The Morgan fingerprint density at radius 3 is 2.42 bits per heavy atom. The number of rotatable bonds is 4. The fourth-order valence-corrected chi connectivity index (χ4v) is 1.87. The number of hydrogen-bond donors (Lipinski definition) is 2. The summed E-state index contributed by atoms with van der Waals surface area (Å²) in [5.74, 6) is 2.26. The summed E-state index contributed by atoms with van der Waals surface area (Å²) in [6.07, 6.45) is 0.769. The van der Waals surface area contributed by atoms with E-state index in [1.165, 1.54) is 0 Å². The van der Waals surface area contributed by atoms with Crippen molar-refractivity contribution in [1.29, 1.82) is 0 Å². The third-order valence-corrected chi connectivity index (χ3v) is 3.28. The first-order chi connectivity index (χ1) is 9.12. The first-order valence-corrected chi connectivity index (χ1v) is 6.65. The molecule has 0 bridgehead atoms. The highest BCUT2D eigenvalue weighted by Gasteiger charge is 2.04. The van der Waals surface area contributed by atoms with E-state index in [2.05, 4.69) is 20.6 Å². The fourth-order valence-electron chi connectivity index (χ4n) is 1.57. The molecule has 0 unspecified atom stereocenters. The molecule has 0 spiro atoms. The molecule has 0 amide bonds. The number of halogens is 2. The molecular formula is C13H14Cl2N4. The summed E-state index contributed by atoms with van der Waals surface area (Å²) in [5, 5.41) is 7.23. The fraction of sp³-hybridized carbons (Fsp3) is 0.231. The second kappa shape index (κ2) is 6.08. The highest BCUT2D eigenvalue weighted by molar-refractivity contribution is 6.42. The van der Waals surface area contributed by atoms with Crippen molar-refractivity contribution in [2.75, 3.05) is 17.7 Å². The zero-order valence-corrected chi connectivity index (χ0v) is 12.2. The molecule has 0 aliphatic rings. The van der Waals surface area contributed by atoms with Gasteiger partial charge in [0.15, 0.2) is 0 Å². The SMILES string of the molecule is CCc1nc(NC)cc(Nc2ccc(Cl)c(Cl)c2)n1. The van der Waals surface area contributed by atoms with Crippen LogP contribution in [0.2, 0.25) is 10.0 Å². The summed E-state index contributed by atoms with van der Waals surface area (Å²) in [5.41, 5.74) is 0.831. The molecule has 19 heavy (non-hydrogen) atoms. The Hall–Kier alpha value is -1.52. The van der Waals surface area contributed by atoms with Crippen LogP contribution < -0.4 is 10.6 Å². The van der Waals surface area contributed by atoms with E-state index < -0.39 is 0 Å². The van der Waals surface area contributed by atoms with Crippen molar-refractivity contribution in [3.63, 3.8) is 0 Å². The minimum Gasteiger partial charge on any atom is -0.373 e. The summed E-state index contributed by atoms with van der Waals surface area (Å²) in [6, 6.07) is 7.19. The van der Waals surface area contributed by atoms with Gasteiger partial charge in [-0.05, 0) is 18.2 Å². The van der Waals surface area contributed by atoms with Crippen LogP contribution in [0.15, 0.2) is 24.3 Å². The Labute approximate surface area is 122 Å². The summed E-state index contributed by atoms with van der Waals surface area (Å²) in [6.45, 7) is 2.01. The van der Waals surface area contributed by atoms with Crippen LogP contribution in [-0.4, -0.2) is 17.0 Å². The zero-order chi connectivity index (χ0) is 13.8. The molecule has 2 rings (SSSR count). The molecule has 4 nitrogen and oxygen atoms in total. The molecular weight excluding hydrogens is 283 g/mol. The third-order valence-electron chi connectivity index (χ3n) is 2.54. The molecule has 100 valence electrons. The van der Waals surface area contributed by atoms with Gasteiger partial charge in [0.25, 0.3) is 0 Å². The lowest BCUT2D eigenvalue weighted by atomic mass is 10.3. The van der Waals surface area contributed by atoms with Gasteiger partial charge in [0, 0.05) is 25.2 Å². The standard InChI is InChI=1S/C13H14Cl2N4/c1-3-11-18-12(16-2)7-13(19-11)17-8-4-5-9(14)10(15)6-8/h4-7H,3H2,1-2H3,(H2,16,17,18,19). The molecule has 6 heteroatoms. The zero-order valence-electron chi connectivity index (χ0n) is 10.7. The van der Waals surface area contributed by atoms with Gasteiger partial charge in [-0.15, -0.1) is 0 Å². The van der Waals surface area contributed by atoms with Crippen LogP contribution in [0, 0.1) is 0 Å². The molecule has 2 N–H and O–H groups in total. The lowest BCUT2D eigenvalue weighted by Crippen LogP contribution is -2.03. The number of benzene rings is 1. The molecule has 0 radical (unpaired) electrons. The predicted molar refractivity (Wildman–Crippen MR) is 80.7 cm³/mol. The number of aryl methyl sites for hydroxylation is 1. The molecule has 1 aromatic carbocycles. The number of nitrogens with one attached hydrogen (secondary N) is 2. The van der Waals surface area contributed by atoms with Crippen molar-refractivity contribution in [3.8, 4) is 0 Å². The normalized spacial score (nSPS) is 10.3. The molecule has 0 atom stereocenters.